The SMILES string of the molecule is O=C(C1CCN(S(=O)(=O)c2ccc3ccccc3c2)CC1)N1CCN(c2ccc(Cl)cc2)CC1. The lowest BCUT2D eigenvalue weighted by molar-refractivity contribution is -0.137. The minimum atomic E-state index is -3.58. The number of benzene rings is 3. The number of anilines is 1. The molecule has 6 nitrogen and oxygen atoms in total. The van der Waals surface area contributed by atoms with Gasteiger partial charge in [-0.25, -0.2) is 8.42 Å². The molecule has 0 saturated carbocycles. The second kappa shape index (κ2) is 9.56. The smallest absolute Gasteiger partial charge is 0.243 e. The standard InChI is InChI=1S/C26H28ClN3O3S/c27-23-6-8-24(9-7-23)28-15-17-29(18-16-28)26(31)21-11-13-30(14-12-21)34(32,33)25-10-5-20-3-1-2-4-22(20)19-25/h1-10,19,21H,11-18H2. The summed E-state index contributed by atoms with van der Waals surface area (Å²) in [6.07, 6.45) is 1.12. The molecule has 178 valence electrons. The van der Waals surface area contributed by atoms with Crippen molar-refractivity contribution in [1.29, 1.82) is 0 Å². The van der Waals surface area contributed by atoms with Crippen LogP contribution in [0.3, 0.4) is 0 Å². The zero-order valence-corrected chi connectivity index (χ0v) is 20.5. The number of hydrogen-bond donors (Lipinski definition) is 0. The number of nitrogens with zero attached hydrogens (tertiary/aromatic N) is 3. The van der Waals surface area contributed by atoms with E-state index < -0.39 is 10.0 Å². The summed E-state index contributed by atoms with van der Waals surface area (Å²) < 4.78 is 28.0. The summed E-state index contributed by atoms with van der Waals surface area (Å²) in [6.45, 7) is 3.66. The zero-order chi connectivity index (χ0) is 23.7. The van der Waals surface area contributed by atoms with Crippen LogP contribution in [0, 0.1) is 5.92 Å². The van der Waals surface area contributed by atoms with Crippen molar-refractivity contribution in [3.8, 4) is 0 Å². The van der Waals surface area contributed by atoms with Gasteiger partial charge in [-0.1, -0.05) is 41.9 Å². The van der Waals surface area contributed by atoms with Crippen LogP contribution in [0.4, 0.5) is 5.69 Å². The fourth-order valence-corrected chi connectivity index (χ4v) is 6.55. The van der Waals surface area contributed by atoms with Crippen molar-refractivity contribution in [1.82, 2.24) is 9.21 Å². The molecule has 8 heteroatoms. The molecule has 2 saturated heterocycles. The van der Waals surface area contributed by atoms with Crippen LogP contribution in [-0.4, -0.2) is 62.8 Å². The van der Waals surface area contributed by atoms with E-state index in [0.717, 1.165) is 29.5 Å². The molecule has 2 heterocycles. The van der Waals surface area contributed by atoms with E-state index in [1.807, 2.05) is 59.5 Å². The van der Waals surface area contributed by atoms with Crippen molar-refractivity contribution in [2.75, 3.05) is 44.2 Å². The summed E-state index contributed by atoms with van der Waals surface area (Å²) in [4.78, 5) is 17.6. The van der Waals surface area contributed by atoms with E-state index >= 15 is 0 Å². The first kappa shape index (κ1) is 23.1. The fraction of sp³-hybridized carbons (Fsp3) is 0.346. The van der Waals surface area contributed by atoms with E-state index in [-0.39, 0.29) is 11.8 Å². The highest BCUT2D eigenvalue weighted by Gasteiger charge is 2.34. The van der Waals surface area contributed by atoms with Crippen LogP contribution in [0.2, 0.25) is 5.02 Å². The topological polar surface area (TPSA) is 60.9 Å². The van der Waals surface area contributed by atoms with Crippen molar-refractivity contribution in [2.24, 2.45) is 5.92 Å². The first-order valence-corrected chi connectivity index (χ1v) is 13.5. The highest BCUT2D eigenvalue weighted by Crippen LogP contribution is 2.28. The Hall–Kier alpha value is -2.61. The van der Waals surface area contributed by atoms with Crippen molar-refractivity contribution >= 4 is 44.0 Å². The number of rotatable bonds is 4. The molecule has 0 atom stereocenters. The molecular formula is C26H28ClN3O3S. The molecule has 34 heavy (non-hydrogen) atoms. The molecule has 3 aromatic rings. The van der Waals surface area contributed by atoms with Gasteiger partial charge >= 0.3 is 0 Å². The minimum Gasteiger partial charge on any atom is -0.368 e. The Morgan fingerprint density at radius 3 is 2.12 bits per heavy atom. The van der Waals surface area contributed by atoms with Crippen molar-refractivity contribution in [2.45, 2.75) is 17.7 Å². The van der Waals surface area contributed by atoms with Gasteiger partial charge in [0.05, 0.1) is 4.90 Å². The third kappa shape index (κ3) is 4.65. The molecule has 1 amide bonds. The molecule has 0 radical (unpaired) electrons. The molecular weight excluding hydrogens is 470 g/mol. The molecule has 2 fully saturated rings. The van der Waals surface area contributed by atoms with Gasteiger partial charge in [0.1, 0.15) is 0 Å². The second-order valence-electron chi connectivity index (χ2n) is 8.98. The molecule has 0 bridgehead atoms. The third-order valence-corrected chi connectivity index (χ3v) is 9.09. The van der Waals surface area contributed by atoms with E-state index in [9.17, 15) is 13.2 Å². The van der Waals surface area contributed by atoms with Crippen LogP contribution in [0.1, 0.15) is 12.8 Å². The number of halogens is 1. The van der Waals surface area contributed by atoms with Gasteiger partial charge < -0.3 is 9.80 Å². The summed E-state index contributed by atoms with van der Waals surface area (Å²) in [6, 6.07) is 20.8. The van der Waals surface area contributed by atoms with Crippen LogP contribution in [0.25, 0.3) is 10.8 Å². The number of piperidine rings is 1. The number of carbonyl (C=O) groups is 1. The number of carbonyl (C=O) groups excluding carboxylic acids is 1. The molecule has 2 aliphatic rings. The molecule has 0 spiro atoms. The van der Waals surface area contributed by atoms with Gasteiger partial charge in [0, 0.05) is 55.9 Å². The van der Waals surface area contributed by atoms with Gasteiger partial charge in [-0.05, 0) is 60.0 Å². The van der Waals surface area contributed by atoms with E-state index in [4.69, 9.17) is 11.6 Å². The maximum absolute atomic E-state index is 13.2. The first-order valence-electron chi connectivity index (χ1n) is 11.7. The van der Waals surface area contributed by atoms with E-state index in [1.165, 1.54) is 4.31 Å². The Morgan fingerprint density at radius 2 is 1.44 bits per heavy atom. The Labute approximate surface area is 205 Å². The van der Waals surface area contributed by atoms with Gasteiger partial charge in [0.25, 0.3) is 0 Å². The van der Waals surface area contributed by atoms with Gasteiger partial charge in [-0.15, -0.1) is 0 Å². The summed E-state index contributed by atoms with van der Waals surface area (Å²) >= 11 is 5.99. The van der Waals surface area contributed by atoms with Crippen LogP contribution in [0.15, 0.2) is 71.6 Å². The van der Waals surface area contributed by atoms with Crippen LogP contribution < -0.4 is 4.90 Å². The third-order valence-electron chi connectivity index (χ3n) is 6.94. The maximum Gasteiger partial charge on any atom is 0.243 e. The van der Waals surface area contributed by atoms with Gasteiger partial charge in [-0.3, -0.25) is 4.79 Å². The quantitative estimate of drug-likeness (QED) is 0.541. The highest BCUT2D eigenvalue weighted by atomic mass is 35.5. The number of hydrogen-bond acceptors (Lipinski definition) is 4. The molecule has 2 aliphatic heterocycles. The van der Waals surface area contributed by atoms with Crippen LogP contribution in [0.5, 0.6) is 0 Å². The molecule has 0 N–H and O–H groups in total. The predicted molar refractivity (Wildman–Crippen MR) is 136 cm³/mol. The number of amides is 1. The molecule has 0 aromatic heterocycles. The minimum absolute atomic E-state index is 0.120. The molecule has 0 aliphatic carbocycles. The second-order valence-corrected chi connectivity index (χ2v) is 11.4. The lowest BCUT2D eigenvalue weighted by Crippen LogP contribution is -2.52. The lowest BCUT2D eigenvalue weighted by atomic mass is 9.96. The lowest BCUT2D eigenvalue weighted by Gasteiger charge is -2.39. The van der Waals surface area contributed by atoms with Crippen molar-refractivity contribution in [3.63, 3.8) is 0 Å². The molecule has 0 unspecified atom stereocenters. The Balaban J connectivity index is 1.18. The normalized spacial score (nSPS) is 18.4. The number of sulfonamides is 1. The largest absolute Gasteiger partial charge is 0.368 e. The Kier molecular flexibility index (Phi) is 6.51. The number of fused-ring (bicyclic) bond motifs is 1. The summed E-state index contributed by atoms with van der Waals surface area (Å²) in [5.74, 6) is 0.0312. The van der Waals surface area contributed by atoms with Crippen molar-refractivity contribution in [3.05, 3.63) is 71.8 Å². The first-order chi connectivity index (χ1) is 16.4. The van der Waals surface area contributed by atoms with E-state index in [0.29, 0.717) is 48.9 Å². The van der Waals surface area contributed by atoms with Crippen LogP contribution >= 0.6 is 11.6 Å². The highest BCUT2D eigenvalue weighted by molar-refractivity contribution is 7.89. The van der Waals surface area contributed by atoms with E-state index in [1.54, 1.807) is 12.1 Å². The predicted octanol–water partition coefficient (Wildman–Crippen LogP) is 4.24. The van der Waals surface area contributed by atoms with Crippen LogP contribution in [-0.2, 0) is 14.8 Å². The Morgan fingerprint density at radius 1 is 0.794 bits per heavy atom. The maximum atomic E-state index is 13.2. The Bertz CT molecular complexity index is 1280. The fourth-order valence-electron chi connectivity index (χ4n) is 4.92. The van der Waals surface area contributed by atoms with Gasteiger partial charge in [-0.2, -0.15) is 4.31 Å². The average Bonchev–Trinajstić information content (AvgIpc) is 2.88. The zero-order valence-electron chi connectivity index (χ0n) is 18.9. The van der Waals surface area contributed by atoms with Gasteiger partial charge in [0.15, 0.2) is 0 Å². The van der Waals surface area contributed by atoms with Crippen molar-refractivity contribution < 1.29 is 13.2 Å². The molecule has 3 aromatic carbocycles. The molecule has 5 rings (SSSR count). The van der Waals surface area contributed by atoms with Gasteiger partial charge in [0.2, 0.25) is 15.9 Å². The monoisotopic (exact) mass is 497 g/mol. The summed E-state index contributed by atoms with van der Waals surface area (Å²) in [7, 11) is -3.58. The van der Waals surface area contributed by atoms with E-state index in [2.05, 4.69) is 4.90 Å². The average molecular weight is 498 g/mol. The summed E-state index contributed by atoms with van der Waals surface area (Å²) in [5.41, 5.74) is 1.11. The summed E-state index contributed by atoms with van der Waals surface area (Å²) in [5, 5.41) is 2.64. The number of piperazine rings is 1.